The molecule has 0 aliphatic rings. The van der Waals surface area contributed by atoms with Crippen LogP contribution in [-0.2, 0) is 6.54 Å². The van der Waals surface area contributed by atoms with Gasteiger partial charge in [0, 0.05) is 4.91 Å². The normalized spacial score (nSPS) is 9.17. The molecule has 6 heteroatoms. The smallest absolute Gasteiger partial charge is 0.141 e. The Morgan fingerprint density at radius 2 is 2.50 bits per heavy atom. The van der Waals surface area contributed by atoms with E-state index in [1.54, 1.807) is 0 Å². The third-order valence-corrected chi connectivity index (χ3v) is 1.90. The molecule has 0 N–H and O–H groups in total. The number of halogens is 2. The zero-order valence-corrected chi connectivity index (χ0v) is 7.49. The summed E-state index contributed by atoms with van der Waals surface area (Å²) in [6.45, 7) is 0.0991. The second kappa shape index (κ2) is 4.04. The van der Waals surface area contributed by atoms with Gasteiger partial charge < -0.3 is 0 Å². The van der Waals surface area contributed by atoms with E-state index in [1.165, 1.54) is 6.07 Å². The second-order valence-electron chi connectivity index (χ2n) is 1.99. The van der Waals surface area contributed by atoms with Gasteiger partial charge in [0.2, 0.25) is 0 Å². The summed E-state index contributed by atoms with van der Waals surface area (Å²) in [4.78, 5) is 6.25. The van der Waals surface area contributed by atoms with E-state index < -0.39 is 5.82 Å². The van der Waals surface area contributed by atoms with Crippen LogP contribution in [0.1, 0.15) is 5.56 Å². The number of aromatic nitrogens is 1. The van der Waals surface area contributed by atoms with Crippen molar-refractivity contribution < 1.29 is 4.39 Å². The fraction of sp³-hybridized carbons (Fsp3) is 0.167. The third kappa shape index (κ3) is 2.18. The van der Waals surface area contributed by atoms with Crippen LogP contribution >= 0.6 is 15.9 Å². The van der Waals surface area contributed by atoms with E-state index in [9.17, 15) is 4.39 Å². The number of nitrogens with zero attached hydrogens (tertiary/aromatic N) is 4. The first kappa shape index (κ1) is 8.96. The van der Waals surface area contributed by atoms with E-state index in [0.717, 1.165) is 6.20 Å². The van der Waals surface area contributed by atoms with Gasteiger partial charge in [-0.05, 0) is 33.1 Å². The van der Waals surface area contributed by atoms with Gasteiger partial charge in [0.05, 0.1) is 12.7 Å². The van der Waals surface area contributed by atoms with Gasteiger partial charge in [-0.15, -0.1) is 0 Å². The summed E-state index contributed by atoms with van der Waals surface area (Å²) in [6.07, 6.45) is 1.09. The lowest BCUT2D eigenvalue weighted by Crippen LogP contribution is -1.88. The molecular weight excluding hydrogens is 227 g/mol. The van der Waals surface area contributed by atoms with Gasteiger partial charge in [-0.1, -0.05) is 5.11 Å². The van der Waals surface area contributed by atoms with Crippen molar-refractivity contribution in [3.05, 3.63) is 38.7 Å². The molecule has 0 aromatic carbocycles. The summed E-state index contributed by atoms with van der Waals surface area (Å²) in [5, 5.41) is 3.29. The summed E-state index contributed by atoms with van der Waals surface area (Å²) in [5.74, 6) is -0.443. The molecule has 0 aliphatic carbocycles. The van der Waals surface area contributed by atoms with Crippen LogP contribution in [0.25, 0.3) is 10.4 Å². The first-order chi connectivity index (χ1) is 5.74. The zero-order valence-electron chi connectivity index (χ0n) is 5.91. The van der Waals surface area contributed by atoms with Crippen LogP contribution in [0.15, 0.2) is 22.0 Å². The molecule has 0 amide bonds. The topological polar surface area (TPSA) is 61.7 Å². The summed E-state index contributed by atoms with van der Waals surface area (Å²) in [6, 6.07) is 1.27. The van der Waals surface area contributed by atoms with Crippen LogP contribution in [0.4, 0.5) is 4.39 Å². The van der Waals surface area contributed by atoms with Crippen molar-refractivity contribution in [2.24, 2.45) is 5.11 Å². The molecule has 0 saturated carbocycles. The van der Waals surface area contributed by atoms with Crippen molar-refractivity contribution in [2.45, 2.75) is 6.54 Å². The van der Waals surface area contributed by atoms with Gasteiger partial charge in [-0.25, -0.2) is 9.37 Å². The molecule has 0 aliphatic heterocycles. The van der Waals surface area contributed by atoms with Crippen LogP contribution < -0.4 is 0 Å². The van der Waals surface area contributed by atoms with Crippen molar-refractivity contribution in [2.75, 3.05) is 0 Å². The maximum Gasteiger partial charge on any atom is 0.141 e. The van der Waals surface area contributed by atoms with Crippen molar-refractivity contribution in [1.82, 2.24) is 4.98 Å². The van der Waals surface area contributed by atoms with E-state index in [4.69, 9.17) is 5.53 Å². The number of hydrogen-bond acceptors (Lipinski definition) is 2. The van der Waals surface area contributed by atoms with Crippen molar-refractivity contribution in [3.63, 3.8) is 0 Å². The number of rotatable bonds is 2. The molecule has 0 spiro atoms. The molecule has 0 atom stereocenters. The summed E-state index contributed by atoms with van der Waals surface area (Å²) in [5.41, 5.74) is 8.55. The van der Waals surface area contributed by atoms with Gasteiger partial charge in [0.15, 0.2) is 0 Å². The molecule has 0 saturated heterocycles. The number of pyridine rings is 1. The number of azide groups is 1. The Bertz CT molecular complexity index is 334. The fourth-order valence-corrected chi connectivity index (χ4v) is 1.03. The summed E-state index contributed by atoms with van der Waals surface area (Å²) < 4.78 is 13.1. The minimum atomic E-state index is -0.443. The standard InChI is InChI=1S/C6H4BrFN4/c7-6-4(2-11-12-9)1-5(8)3-10-6/h1,3H,2H2. The van der Waals surface area contributed by atoms with E-state index in [-0.39, 0.29) is 6.54 Å². The molecule has 62 valence electrons. The Labute approximate surface area is 76.2 Å². The van der Waals surface area contributed by atoms with Gasteiger partial charge in [-0.2, -0.15) is 0 Å². The third-order valence-electron chi connectivity index (χ3n) is 1.18. The van der Waals surface area contributed by atoms with Crippen LogP contribution in [0, 0.1) is 5.82 Å². The lowest BCUT2D eigenvalue weighted by atomic mass is 10.3. The Hall–Kier alpha value is -1.13. The highest BCUT2D eigenvalue weighted by atomic mass is 79.9. The Morgan fingerprint density at radius 1 is 1.75 bits per heavy atom. The van der Waals surface area contributed by atoms with E-state index in [2.05, 4.69) is 30.9 Å². The minimum absolute atomic E-state index is 0.0991. The monoisotopic (exact) mass is 230 g/mol. The lowest BCUT2D eigenvalue weighted by molar-refractivity contribution is 0.617. The van der Waals surface area contributed by atoms with Gasteiger partial charge in [0.25, 0.3) is 0 Å². The molecule has 0 fully saturated rings. The quantitative estimate of drug-likeness (QED) is 0.334. The maximum atomic E-state index is 12.6. The average Bonchev–Trinajstić information content (AvgIpc) is 2.07. The van der Waals surface area contributed by atoms with Gasteiger partial charge in [-0.3, -0.25) is 0 Å². The molecule has 12 heavy (non-hydrogen) atoms. The predicted molar refractivity (Wildman–Crippen MR) is 44.7 cm³/mol. The molecule has 0 bridgehead atoms. The summed E-state index contributed by atoms with van der Waals surface area (Å²) >= 11 is 3.10. The SMILES string of the molecule is [N-]=[N+]=NCc1cc(F)cnc1Br. The maximum absolute atomic E-state index is 12.6. The zero-order chi connectivity index (χ0) is 8.97. The van der Waals surface area contributed by atoms with Gasteiger partial charge >= 0.3 is 0 Å². The van der Waals surface area contributed by atoms with E-state index >= 15 is 0 Å². The molecule has 1 aromatic rings. The molecule has 4 nitrogen and oxygen atoms in total. The average molecular weight is 231 g/mol. The van der Waals surface area contributed by atoms with Crippen LogP contribution in [0.5, 0.6) is 0 Å². The Morgan fingerprint density at radius 3 is 3.17 bits per heavy atom. The van der Waals surface area contributed by atoms with Crippen LogP contribution in [-0.4, -0.2) is 4.98 Å². The van der Waals surface area contributed by atoms with Crippen LogP contribution in [0.2, 0.25) is 0 Å². The molecule has 0 radical (unpaired) electrons. The van der Waals surface area contributed by atoms with Crippen LogP contribution in [0.3, 0.4) is 0 Å². The Balaban J connectivity index is 2.96. The van der Waals surface area contributed by atoms with E-state index in [1.807, 2.05) is 0 Å². The first-order valence-electron chi connectivity index (χ1n) is 3.05. The minimum Gasteiger partial charge on any atom is -0.246 e. The second-order valence-corrected chi connectivity index (χ2v) is 2.74. The van der Waals surface area contributed by atoms with Crippen molar-refractivity contribution in [3.8, 4) is 0 Å². The molecular formula is C6H4BrFN4. The lowest BCUT2D eigenvalue weighted by Gasteiger charge is -1.97. The highest BCUT2D eigenvalue weighted by molar-refractivity contribution is 9.10. The molecule has 0 unspecified atom stereocenters. The molecule has 1 aromatic heterocycles. The Kier molecular flexibility index (Phi) is 3.01. The van der Waals surface area contributed by atoms with Crippen molar-refractivity contribution in [1.29, 1.82) is 0 Å². The first-order valence-corrected chi connectivity index (χ1v) is 3.84. The number of hydrogen-bond donors (Lipinski definition) is 0. The fourth-order valence-electron chi connectivity index (χ4n) is 0.683. The molecule has 1 heterocycles. The highest BCUT2D eigenvalue weighted by Crippen LogP contribution is 2.15. The highest BCUT2D eigenvalue weighted by Gasteiger charge is 2.00. The predicted octanol–water partition coefficient (Wildman–Crippen LogP) is 2.79. The summed E-state index contributed by atoms with van der Waals surface area (Å²) in [7, 11) is 0. The molecule has 1 rings (SSSR count). The largest absolute Gasteiger partial charge is 0.246 e. The van der Waals surface area contributed by atoms with Gasteiger partial charge in [0.1, 0.15) is 10.4 Å². The van der Waals surface area contributed by atoms with Crippen molar-refractivity contribution >= 4 is 15.9 Å². The van der Waals surface area contributed by atoms with E-state index in [0.29, 0.717) is 10.2 Å².